The van der Waals surface area contributed by atoms with E-state index in [0.29, 0.717) is 51.7 Å². The molecule has 3 N–H and O–H groups in total. The number of nitrogens with one attached hydrogen (secondary N) is 1. The highest BCUT2D eigenvalue weighted by atomic mass is 35.5. The van der Waals surface area contributed by atoms with Crippen LogP contribution in [0.4, 0.5) is 17.1 Å². The highest BCUT2D eigenvalue weighted by Gasteiger charge is 2.14. The Morgan fingerprint density at radius 1 is 1.10 bits per heavy atom. The lowest BCUT2D eigenvalue weighted by Gasteiger charge is -2.30. The molecule has 1 aromatic heterocycles. The number of morpholine rings is 1. The molecular formula is C23H21Cl2N3O3. The molecule has 160 valence electrons. The maximum absolute atomic E-state index is 12.3. The van der Waals surface area contributed by atoms with Crippen LogP contribution in [-0.4, -0.2) is 32.2 Å². The summed E-state index contributed by atoms with van der Waals surface area (Å²) in [5, 5.41) is 3.68. The van der Waals surface area contributed by atoms with Gasteiger partial charge < -0.3 is 25.1 Å². The molecule has 0 aliphatic carbocycles. The largest absolute Gasteiger partial charge is 0.457 e. The number of ether oxygens (including phenoxy) is 1. The molecule has 8 heteroatoms. The Morgan fingerprint density at radius 3 is 2.68 bits per heavy atom. The number of rotatable bonds is 5. The molecule has 0 bridgehead atoms. The van der Waals surface area contributed by atoms with Crippen LogP contribution in [0.1, 0.15) is 5.76 Å². The highest BCUT2D eigenvalue weighted by molar-refractivity contribution is 6.43. The van der Waals surface area contributed by atoms with Crippen molar-refractivity contribution in [3.8, 4) is 11.3 Å². The Labute approximate surface area is 190 Å². The lowest BCUT2D eigenvalue weighted by molar-refractivity contribution is -0.111. The Morgan fingerprint density at radius 2 is 1.90 bits per heavy atom. The van der Waals surface area contributed by atoms with Gasteiger partial charge in [0.05, 0.1) is 34.6 Å². The molecular weight excluding hydrogens is 437 g/mol. The van der Waals surface area contributed by atoms with E-state index in [2.05, 4.69) is 10.2 Å². The topological polar surface area (TPSA) is 80.7 Å². The number of hydrogen-bond acceptors (Lipinski definition) is 5. The molecule has 0 spiro atoms. The molecule has 1 aliphatic rings. The molecule has 1 fully saturated rings. The van der Waals surface area contributed by atoms with Crippen LogP contribution < -0.4 is 16.0 Å². The predicted octanol–water partition coefficient (Wildman–Crippen LogP) is 5.32. The van der Waals surface area contributed by atoms with Gasteiger partial charge in [-0.2, -0.15) is 0 Å². The second kappa shape index (κ2) is 9.47. The number of furan rings is 1. The molecule has 2 heterocycles. The third-order valence-electron chi connectivity index (χ3n) is 4.89. The average molecular weight is 458 g/mol. The molecule has 0 radical (unpaired) electrons. The summed E-state index contributed by atoms with van der Waals surface area (Å²) in [6, 6.07) is 14.4. The lowest BCUT2D eigenvalue weighted by Crippen LogP contribution is -2.36. The molecule has 31 heavy (non-hydrogen) atoms. The van der Waals surface area contributed by atoms with Crippen LogP contribution in [0.15, 0.2) is 59.0 Å². The summed E-state index contributed by atoms with van der Waals surface area (Å²) >= 11 is 12.3. The van der Waals surface area contributed by atoms with Crippen LogP contribution in [0.5, 0.6) is 0 Å². The summed E-state index contributed by atoms with van der Waals surface area (Å²) in [4.78, 5) is 14.5. The normalized spacial score (nSPS) is 14.2. The molecule has 1 saturated heterocycles. The number of halogens is 2. The van der Waals surface area contributed by atoms with Crippen molar-refractivity contribution in [2.75, 3.05) is 42.3 Å². The smallest absolute Gasteiger partial charge is 0.248 e. The quantitative estimate of drug-likeness (QED) is 0.399. The minimum Gasteiger partial charge on any atom is -0.457 e. The third-order valence-corrected chi connectivity index (χ3v) is 5.71. The highest BCUT2D eigenvalue weighted by Crippen LogP contribution is 2.34. The average Bonchev–Trinajstić information content (AvgIpc) is 3.24. The number of hydrogen-bond donors (Lipinski definition) is 2. The number of nitrogen functional groups attached to an aromatic ring is 1. The van der Waals surface area contributed by atoms with E-state index >= 15 is 0 Å². The summed E-state index contributed by atoms with van der Waals surface area (Å²) < 4.78 is 11.1. The van der Waals surface area contributed by atoms with E-state index in [-0.39, 0.29) is 5.91 Å². The maximum Gasteiger partial charge on any atom is 0.248 e. The number of amides is 1. The summed E-state index contributed by atoms with van der Waals surface area (Å²) in [7, 11) is 0. The van der Waals surface area contributed by atoms with Crippen molar-refractivity contribution in [3.63, 3.8) is 0 Å². The fourth-order valence-electron chi connectivity index (χ4n) is 3.35. The van der Waals surface area contributed by atoms with Gasteiger partial charge in [-0.05, 0) is 48.5 Å². The van der Waals surface area contributed by atoms with E-state index < -0.39 is 0 Å². The van der Waals surface area contributed by atoms with E-state index in [4.69, 9.17) is 38.1 Å². The van der Waals surface area contributed by atoms with Gasteiger partial charge in [0.1, 0.15) is 11.5 Å². The minimum absolute atomic E-state index is 0.294. The van der Waals surface area contributed by atoms with Gasteiger partial charge >= 0.3 is 0 Å². The first kappa shape index (κ1) is 21.3. The molecule has 6 nitrogen and oxygen atoms in total. The van der Waals surface area contributed by atoms with E-state index in [1.807, 2.05) is 18.2 Å². The lowest BCUT2D eigenvalue weighted by atomic mass is 10.2. The van der Waals surface area contributed by atoms with Crippen LogP contribution in [-0.2, 0) is 9.53 Å². The minimum atomic E-state index is -0.294. The van der Waals surface area contributed by atoms with Crippen molar-refractivity contribution in [2.45, 2.75) is 0 Å². The van der Waals surface area contributed by atoms with Crippen LogP contribution >= 0.6 is 23.2 Å². The van der Waals surface area contributed by atoms with Gasteiger partial charge in [0, 0.05) is 30.4 Å². The van der Waals surface area contributed by atoms with Crippen molar-refractivity contribution in [2.24, 2.45) is 0 Å². The van der Waals surface area contributed by atoms with Gasteiger partial charge in [0.25, 0.3) is 0 Å². The van der Waals surface area contributed by atoms with Crippen molar-refractivity contribution in [1.82, 2.24) is 0 Å². The monoisotopic (exact) mass is 457 g/mol. The summed E-state index contributed by atoms with van der Waals surface area (Å²) in [6.45, 7) is 2.95. The van der Waals surface area contributed by atoms with Crippen molar-refractivity contribution < 1.29 is 13.9 Å². The molecule has 3 aromatic rings. The molecule has 4 rings (SSSR count). The summed E-state index contributed by atoms with van der Waals surface area (Å²) in [5.41, 5.74) is 9.05. The van der Waals surface area contributed by atoms with Crippen LogP contribution in [0.2, 0.25) is 10.0 Å². The number of nitrogens with two attached hydrogens (primary N) is 1. The zero-order valence-electron chi connectivity index (χ0n) is 16.6. The Hall–Kier alpha value is -2.93. The fourth-order valence-corrected chi connectivity index (χ4v) is 3.74. The van der Waals surface area contributed by atoms with Gasteiger partial charge in [-0.1, -0.05) is 29.3 Å². The first-order valence-electron chi connectivity index (χ1n) is 9.77. The molecule has 0 atom stereocenters. The second-order valence-corrected chi connectivity index (χ2v) is 7.78. The van der Waals surface area contributed by atoms with Crippen molar-refractivity contribution >= 4 is 52.2 Å². The first-order chi connectivity index (χ1) is 15.0. The Balaban J connectivity index is 1.40. The number of carbonyl (C=O) groups excluding carboxylic acids is 1. The fraction of sp³-hybridized carbons (Fsp3) is 0.174. The molecule has 2 aromatic carbocycles. The third kappa shape index (κ3) is 5.05. The molecule has 0 unspecified atom stereocenters. The standard InChI is InChI=1S/C23H21Cl2N3O3/c24-18-3-1-2-17(23(18)25)21-8-5-16(31-21)6-9-22(29)27-15-4-7-20(19(26)14-15)28-10-12-30-13-11-28/h1-9,14H,10-13,26H2,(H,27,29)/b9-6+. The van der Waals surface area contributed by atoms with E-state index in [1.54, 1.807) is 36.4 Å². The van der Waals surface area contributed by atoms with Gasteiger partial charge in [-0.25, -0.2) is 0 Å². The van der Waals surface area contributed by atoms with E-state index in [0.717, 1.165) is 18.8 Å². The SMILES string of the molecule is Nc1cc(NC(=O)/C=C/c2ccc(-c3cccc(Cl)c3Cl)o2)ccc1N1CCOCC1. The molecule has 1 aliphatic heterocycles. The number of benzene rings is 2. The van der Waals surface area contributed by atoms with Crippen LogP contribution in [0.3, 0.4) is 0 Å². The van der Waals surface area contributed by atoms with E-state index in [1.165, 1.54) is 6.08 Å². The summed E-state index contributed by atoms with van der Waals surface area (Å²) in [6.07, 6.45) is 2.98. The zero-order valence-corrected chi connectivity index (χ0v) is 18.1. The zero-order chi connectivity index (χ0) is 21.8. The van der Waals surface area contributed by atoms with Crippen LogP contribution in [0.25, 0.3) is 17.4 Å². The van der Waals surface area contributed by atoms with Gasteiger partial charge in [-0.3, -0.25) is 4.79 Å². The Bertz CT molecular complexity index is 1120. The van der Waals surface area contributed by atoms with Gasteiger partial charge in [-0.15, -0.1) is 0 Å². The molecule has 1 amide bonds. The summed E-state index contributed by atoms with van der Waals surface area (Å²) in [5.74, 6) is 0.791. The molecule has 0 saturated carbocycles. The second-order valence-electron chi connectivity index (χ2n) is 7.00. The van der Waals surface area contributed by atoms with Gasteiger partial charge in [0.15, 0.2) is 0 Å². The number of carbonyl (C=O) groups is 1. The van der Waals surface area contributed by atoms with E-state index in [9.17, 15) is 4.79 Å². The van der Waals surface area contributed by atoms with Crippen molar-refractivity contribution in [1.29, 1.82) is 0 Å². The van der Waals surface area contributed by atoms with Crippen molar-refractivity contribution in [3.05, 3.63) is 70.4 Å². The maximum atomic E-state index is 12.3. The Kier molecular flexibility index (Phi) is 6.51. The van der Waals surface area contributed by atoms with Crippen LogP contribution in [0, 0.1) is 0 Å². The van der Waals surface area contributed by atoms with Gasteiger partial charge in [0.2, 0.25) is 5.91 Å². The number of nitrogens with zero attached hydrogens (tertiary/aromatic N) is 1. The number of anilines is 3. The first-order valence-corrected chi connectivity index (χ1v) is 10.5. The predicted molar refractivity (Wildman–Crippen MR) is 126 cm³/mol.